The number of hydrogen-bond donors (Lipinski definition) is 1. The number of amides is 3. The van der Waals surface area contributed by atoms with Gasteiger partial charge in [-0.2, -0.15) is 0 Å². The first kappa shape index (κ1) is 12.2. The number of nitrogens with one attached hydrogen (secondary N) is 1. The minimum Gasteiger partial charge on any atom is -0.323 e. The summed E-state index contributed by atoms with van der Waals surface area (Å²) in [5.41, 5.74) is -0.629. The number of benzene rings is 1. The van der Waals surface area contributed by atoms with Crippen molar-refractivity contribution in [3.63, 3.8) is 0 Å². The molecule has 0 bridgehead atoms. The predicted octanol–water partition coefficient (Wildman–Crippen LogP) is 2.83. The van der Waals surface area contributed by atoms with Crippen LogP contribution in [0.25, 0.3) is 0 Å². The van der Waals surface area contributed by atoms with Crippen molar-refractivity contribution in [2.24, 2.45) is 0 Å². The van der Waals surface area contributed by atoms with E-state index in [0.29, 0.717) is 15.7 Å². The number of carbonyl (C=O) groups is 2. The van der Waals surface area contributed by atoms with Gasteiger partial charge >= 0.3 is 6.03 Å². The molecule has 1 aliphatic heterocycles. The summed E-state index contributed by atoms with van der Waals surface area (Å²) >= 11 is 11.8. The molecule has 1 heterocycles. The molecule has 4 nitrogen and oxygen atoms in total. The Morgan fingerprint density at radius 2 is 1.88 bits per heavy atom. The number of rotatable bonds is 1. The summed E-state index contributed by atoms with van der Waals surface area (Å²) in [6.45, 7) is 3.26. The summed E-state index contributed by atoms with van der Waals surface area (Å²) in [4.78, 5) is 24.8. The first-order chi connectivity index (χ1) is 7.83. The fourth-order valence-electron chi connectivity index (χ4n) is 1.62. The van der Waals surface area contributed by atoms with E-state index in [0.717, 1.165) is 4.90 Å². The van der Waals surface area contributed by atoms with Gasteiger partial charge in [0.2, 0.25) is 0 Å². The number of carbonyl (C=O) groups excluding carboxylic acids is 2. The van der Waals surface area contributed by atoms with Crippen molar-refractivity contribution in [1.82, 2.24) is 5.32 Å². The van der Waals surface area contributed by atoms with Gasteiger partial charge in [0.1, 0.15) is 5.54 Å². The molecular formula is C11H10Cl2N2O2. The van der Waals surface area contributed by atoms with E-state index < -0.39 is 11.6 Å². The van der Waals surface area contributed by atoms with Gasteiger partial charge < -0.3 is 5.32 Å². The van der Waals surface area contributed by atoms with Crippen LogP contribution in [0.15, 0.2) is 18.2 Å². The largest absolute Gasteiger partial charge is 0.329 e. The lowest BCUT2D eigenvalue weighted by molar-refractivity contribution is -0.120. The van der Waals surface area contributed by atoms with Crippen LogP contribution in [0.3, 0.4) is 0 Å². The summed E-state index contributed by atoms with van der Waals surface area (Å²) in [6, 6.07) is 4.13. The fraction of sp³-hybridized carbons (Fsp3) is 0.273. The summed E-state index contributed by atoms with van der Waals surface area (Å²) < 4.78 is 0. The topological polar surface area (TPSA) is 49.4 Å². The molecule has 0 spiro atoms. The van der Waals surface area contributed by atoms with Crippen LogP contribution in [0.1, 0.15) is 13.8 Å². The molecule has 1 aromatic carbocycles. The molecule has 1 aliphatic rings. The summed E-state index contributed by atoms with van der Waals surface area (Å²) in [7, 11) is 0. The average molecular weight is 273 g/mol. The third kappa shape index (κ3) is 1.98. The van der Waals surface area contributed by atoms with Gasteiger partial charge in [-0.15, -0.1) is 0 Å². The number of anilines is 1. The Morgan fingerprint density at radius 1 is 1.24 bits per heavy atom. The highest BCUT2D eigenvalue weighted by molar-refractivity contribution is 6.37. The van der Waals surface area contributed by atoms with Gasteiger partial charge in [-0.25, -0.2) is 9.69 Å². The van der Waals surface area contributed by atoms with Crippen molar-refractivity contribution < 1.29 is 9.59 Å². The second-order valence-corrected chi connectivity index (χ2v) is 5.14. The Kier molecular flexibility index (Phi) is 2.79. The van der Waals surface area contributed by atoms with E-state index in [9.17, 15) is 9.59 Å². The minimum atomic E-state index is -0.928. The third-order valence-corrected chi connectivity index (χ3v) is 3.06. The van der Waals surface area contributed by atoms with Crippen molar-refractivity contribution in [3.8, 4) is 0 Å². The Labute approximate surface area is 108 Å². The Balaban J connectivity index is 2.51. The normalized spacial score (nSPS) is 18.5. The molecule has 1 N–H and O–H groups in total. The standard InChI is InChI=1S/C11H10Cl2N2O2/c1-11(2)9(16)15(10(17)14-11)8-5-6(12)3-4-7(8)13/h3-5H,1-2H3,(H,14,17). The number of urea groups is 1. The zero-order valence-electron chi connectivity index (χ0n) is 9.25. The predicted molar refractivity (Wildman–Crippen MR) is 66.6 cm³/mol. The molecule has 3 amide bonds. The second kappa shape index (κ2) is 3.89. The average Bonchev–Trinajstić information content (AvgIpc) is 2.41. The van der Waals surface area contributed by atoms with Crippen LogP contribution in [0.4, 0.5) is 10.5 Å². The molecule has 0 unspecified atom stereocenters. The fourth-order valence-corrected chi connectivity index (χ4v) is 1.99. The van der Waals surface area contributed by atoms with E-state index in [-0.39, 0.29) is 5.91 Å². The maximum absolute atomic E-state index is 12.0. The molecule has 17 heavy (non-hydrogen) atoms. The van der Waals surface area contributed by atoms with Crippen LogP contribution >= 0.6 is 23.2 Å². The second-order valence-electron chi connectivity index (χ2n) is 4.29. The molecule has 2 rings (SSSR count). The van der Waals surface area contributed by atoms with Gasteiger partial charge in [0.05, 0.1) is 10.7 Å². The highest BCUT2D eigenvalue weighted by Gasteiger charge is 2.45. The monoisotopic (exact) mass is 272 g/mol. The van der Waals surface area contributed by atoms with Crippen molar-refractivity contribution in [3.05, 3.63) is 28.2 Å². The van der Waals surface area contributed by atoms with E-state index in [2.05, 4.69) is 5.32 Å². The van der Waals surface area contributed by atoms with Gasteiger partial charge in [0.25, 0.3) is 5.91 Å². The molecular weight excluding hydrogens is 263 g/mol. The minimum absolute atomic E-state index is 0.298. The first-order valence-electron chi connectivity index (χ1n) is 4.95. The van der Waals surface area contributed by atoms with Crippen LogP contribution in [0.2, 0.25) is 10.0 Å². The quantitative estimate of drug-likeness (QED) is 0.800. The van der Waals surface area contributed by atoms with Gasteiger partial charge in [0, 0.05) is 5.02 Å². The van der Waals surface area contributed by atoms with E-state index in [4.69, 9.17) is 23.2 Å². The van der Waals surface area contributed by atoms with Gasteiger partial charge in [-0.1, -0.05) is 23.2 Å². The summed E-state index contributed by atoms with van der Waals surface area (Å²) in [5, 5.41) is 3.29. The number of hydrogen-bond acceptors (Lipinski definition) is 2. The summed E-state index contributed by atoms with van der Waals surface area (Å²) in [6.07, 6.45) is 0. The van der Waals surface area contributed by atoms with E-state index in [1.807, 2.05) is 0 Å². The molecule has 0 atom stereocenters. The molecule has 0 saturated carbocycles. The first-order valence-corrected chi connectivity index (χ1v) is 5.70. The van der Waals surface area contributed by atoms with Gasteiger partial charge in [-0.3, -0.25) is 4.79 Å². The number of imide groups is 1. The molecule has 0 radical (unpaired) electrons. The lowest BCUT2D eigenvalue weighted by Gasteiger charge is -2.17. The van der Waals surface area contributed by atoms with Crippen LogP contribution in [-0.2, 0) is 4.79 Å². The zero-order chi connectivity index (χ0) is 12.8. The lowest BCUT2D eigenvalue weighted by Crippen LogP contribution is -2.40. The molecule has 1 aromatic rings. The van der Waals surface area contributed by atoms with Crippen molar-refractivity contribution in [2.45, 2.75) is 19.4 Å². The number of nitrogens with zero attached hydrogens (tertiary/aromatic N) is 1. The Hall–Kier alpha value is -1.26. The SMILES string of the molecule is CC1(C)NC(=O)N(c2cc(Cl)ccc2Cl)C1=O. The van der Waals surface area contributed by atoms with Crippen LogP contribution in [0.5, 0.6) is 0 Å². The zero-order valence-corrected chi connectivity index (χ0v) is 10.8. The molecule has 1 saturated heterocycles. The maximum Gasteiger partial charge on any atom is 0.329 e. The van der Waals surface area contributed by atoms with E-state index >= 15 is 0 Å². The molecule has 0 aromatic heterocycles. The smallest absolute Gasteiger partial charge is 0.323 e. The summed E-state index contributed by atoms with van der Waals surface area (Å²) in [5.74, 6) is -0.355. The molecule has 1 fully saturated rings. The van der Waals surface area contributed by atoms with Crippen LogP contribution < -0.4 is 10.2 Å². The highest BCUT2D eigenvalue weighted by atomic mass is 35.5. The third-order valence-electron chi connectivity index (χ3n) is 2.51. The van der Waals surface area contributed by atoms with Gasteiger partial charge in [0.15, 0.2) is 0 Å². The molecule has 6 heteroatoms. The van der Waals surface area contributed by atoms with Crippen molar-refractivity contribution >= 4 is 40.8 Å². The molecule has 90 valence electrons. The van der Waals surface area contributed by atoms with Gasteiger partial charge in [-0.05, 0) is 32.0 Å². The number of halogens is 2. The Morgan fingerprint density at radius 3 is 2.41 bits per heavy atom. The lowest BCUT2D eigenvalue weighted by atomic mass is 10.1. The Bertz CT molecular complexity index is 514. The van der Waals surface area contributed by atoms with E-state index in [1.54, 1.807) is 26.0 Å². The maximum atomic E-state index is 12.0. The molecule has 0 aliphatic carbocycles. The van der Waals surface area contributed by atoms with Crippen molar-refractivity contribution in [1.29, 1.82) is 0 Å². The van der Waals surface area contributed by atoms with E-state index in [1.165, 1.54) is 6.07 Å². The van der Waals surface area contributed by atoms with Crippen molar-refractivity contribution in [2.75, 3.05) is 4.90 Å². The van der Waals surface area contributed by atoms with Crippen LogP contribution in [-0.4, -0.2) is 17.5 Å². The van der Waals surface area contributed by atoms with Crippen LogP contribution in [0, 0.1) is 0 Å². The highest BCUT2D eigenvalue weighted by Crippen LogP contribution is 2.32.